The average Bonchev–Trinajstić information content (AvgIpc) is 2.95. The third-order valence-electron chi connectivity index (χ3n) is 7.09. The van der Waals surface area contributed by atoms with Gasteiger partial charge in [0.05, 0.1) is 44.7 Å². The van der Waals surface area contributed by atoms with Gasteiger partial charge in [0, 0.05) is 12.5 Å². The summed E-state index contributed by atoms with van der Waals surface area (Å²) in [7, 11) is 0. The van der Waals surface area contributed by atoms with Crippen LogP contribution in [0.5, 0.6) is 11.5 Å². The van der Waals surface area contributed by atoms with E-state index in [9.17, 15) is 10.2 Å². The smallest absolute Gasteiger partial charge is 0.119 e. The molecule has 0 radical (unpaired) electrons. The highest BCUT2D eigenvalue weighted by molar-refractivity contribution is 5.64. The zero-order valence-electron chi connectivity index (χ0n) is 25.4. The fourth-order valence-electron chi connectivity index (χ4n) is 4.21. The Labute approximate surface area is 243 Å². The van der Waals surface area contributed by atoms with Gasteiger partial charge in [0.25, 0.3) is 0 Å². The molecule has 0 bridgehead atoms. The highest BCUT2D eigenvalue weighted by Crippen LogP contribution is 2.25. The van der Waals surface area contributed by atoms with Crippen LogP contribution in [0.15, 0.2) is 48.5 Å². The van der Waals surface area contributed by atoms with E-state index in [4.69, 9.17) is 18.9 Å². The maximum absolute atomic E-state index is 9.47. The van der Waals surface area contributed by atoms with Crippen LogP contribution in [-0.2, 0) is 9.47 Å². The summed E-state index contributed by atoms with van der Waals surface area (Å²) in [5.41, 5.74) is 2.33. The third kappa shape index (κ3) is 15.6. The van der Waals surface area contributed by atoms with Crippen molar-refractivity contribution >= 4 is 0 Å². The van der Waals surface area contributed by atoms with Gasteiger partial charge in [-0.3, -0.25) is 0 Å². The Morgan fingerprint density at radius 1 is 0.575 bits per heavy atom. The molecule has 2 aromatic rings. The minimum Gasteiger partial charge on any atom is -0.494 e. The Bertz CT molecular complexity index is 865. The lowest BCUT2D eigenvalue weighted by atomic mass is 10.1. The van der Waals surface area contributed by atoms with Gasteiger partial charge in [-0.1, -0.05) is 56.9 Å². The molecule has 0 saturated heterocycles. The van der Waals surface area contributed by atoms with E-state index in [1.54, 1.807) is 6.92 Å². The van der Waals surface area contributed by atoms with E-state index in [0.29, 0.717) is 13.2 Å². The molecule has 2 aromatic carbocycles. The maximum Gasteiger partial charge on any atom is 0.119 e. The monoisotopic (exact) mass is 558 g/mol. The summed E-state index contributed by atoms with van der Waals surface area (Å²) in [4.78, 5) is 0. The minimum atomic E-state index is -0.394. The molecular formula is C34H54O6. The van der Waals surface area contributed by atoms with Crippen LogP contribution in [0, 0.1) is 5.92 Å². The Hall–Kier alpha value is -2.12. The second-order valence-electron chi connectivity index (χ2n) is 11.1. The Balaban J connectivity index is 1.53. The van der Waals surface area contributed by atoms with E-state index in [1.165, 1.54) is 6.42 Å². The molecule has 0 aliphatic carbocycles. The highest BCUT2D eigenvalue weighted by Gasteiger charge is 2.08. The minimum absolute atomic E-state index is 0.188. The first-order chi connectivity index (χ1) is 19.3. The molecule has 0 spiro atoms. The van der Waals surface area contributed by atoms with Gasteiger partial charge in [-0.25, -0.2) is 0 Å². The van der Waals surface area contributed by atoms with Crippen LogP contribution in [0.25, 0.3) is 11.1 Å². The summed E-state index contributed by atoms with van der Waals surface area (Å²) < 4.78 is 23.1. The van der Waals surface area contributed by atoms with E-state index in [2.05, 4.69) is 31.2 Å². The number of ether oxygens (including phenoxy) is 4. The topological polar surface area (TPSA) is 77.4 Å². The molecule has 2 rings (SSSR count). The first kappa shape index (κ1) is 34.1. The van der Waals surface area contributed by atoms with Gasteiger partial charge < -0.3 is 29.2 Å². The fourth-order valence-corrected chi connectivity index (χ4v) is 4.21. The largest absolute Gasteiger partial charge is 0.494 e. The van der Waals surface area contributed by atoms with Crippen LogP contribution in [-0.4, -0.2) is 61.6 Å². The van der Waals surface area contributed by atoms with Crippen molar-refractivity contribution in [3.8, 4) is 22.6 Å². The molecule has 6 heteroatoms. The molecule has 0 aromatic heterocycles. The summed E-state index contributed by atoms with van der Waals surface area (Å²) in [5.74, 6) is 2.00. The predicted molar refractivity (Wildman–Crippen MR) is 163 cm³/mol. The lowest BCUT2D eigenvalue weighted by Gasteiger charge is -2.14. The van der Waals surface area contributed by atoms with Crippen molar-refractivity contribution in [3.05, 3.63) is 48.5 Å². The molecule has 0 aliphatic heterocycles. The number of rotatable bonds is 23. The van der Waals surface area contributed by atoms with E-state index >= 15 is 0 Å². The molecule has 6 nitrogen and oxygen atoms in total. The number of aliphatic hydroxyl groups is 2. The molecule has 0 heterocycles. The number of hydrogen-bond acceptors (Lipinski definition) is 6. The number of aliphatic hydroxyl groups excluding tert-OH is 2. The van der Waals surface area contributed by atoms with Crippen molar-refractivity contribution in [1.29, 1.82) is 0 Å². The Morgan fingerprint density at radius 2 is 1.05 bits per heavy atom. The van der Waals surface area contributed by atoms with Gasteiger partial charge in [0.2, 0.25) is 0 Å². The lowest BCUT2D eigenvalue weighted by molar-refractivity contribution is 0.00121. The van der Waals surface area contributed by atoms with Crippen LogP contribution >= 0.6 is 0 Å². The number of unbranched alkanes of at least 4 members (excludes halogenated alkanes) is 6. The first-order valence-corrected chi connectivity index (χ1v) is 15.4. The summed E-state index contributed by atoms with van der Waals surface area (Å²) in [6.07, 6.45) is 9.38. The molecule has 2 N–H and O–H groups in total. The number of benzene rings is 2. The van der Waals surface area contributed by atoms with Crippen LogP contribution in [0.2, 0.25) is 0 Å². The van der Waals surface area contributed by atoms with Crippen molar-refractivity contribution in [1.82, 2.24) is 0 Å². The fraction of sp³-hybridized carbons (Fsp3) is 0.647. The highest BCUT2D eigenvalue weighted by atomic mass is 16.5. The Kier molecular flexibility index (Phi) is 17.6. The van der Waals surface area contributed by atoms with Crippen molar-refractivity contribution in [2.75, 3.05) is 33.0 Å². The molecule has 40 heavy (non-hydrogen) atoms. The summed E-state index contributed by atoms with van der Waals surface area (Å²) >= 11 is 0. The van der Waals surface area contributed by atoms with E-state index in [-0.39, 0.29) is 18.1 Å². The molecule has 0 aliphatic rings. The van der Waals surface area contributed by atoms with Crippen LogP contribution in [0.1, 0.15) is 85.5 Å². The second-order valence-corrected chi connectivity index (χ2v) is 11.1. The quantitative estimate of drug-likeness (QED) is 0.138. The molecule has 0 amide bonds. The van der Waals surface area contributed by atoms with Gasteiger partial charge in [0.1, 0.15) is 11.5 Å². The molecule has 0 fully saturated rings. The van der Waals surface area contributed by atoms with Gasteiger partial charge in [-0.15, -0.1) is 0 Å². The van der Waals surface area contributed by atoms with Crippen LogP contribution < -0.4 is 9.47 Å². The van der Waals surface area contributed by atoms with Gasteiger partial charge in [-0.05, 0) is 88.3 Å². The van der Waals surface area contributed by atoms with Crippen molar-refractivity contribution in [2.45, 2.75) is 104 Å². The second kappa shape index (κ2) is 20.7. The first-order valence-electron chi connectivity index (χ1n) is 15.4. The molecule has 4 unspecified atom stereocenters. The third-order valence-corrected chi connectivity index (χ3v) is 7.09. The zero-order valence-corrected chi connectivity index (χ0v) is 25.4. The average molecular weight is 559 g/mol. The van der Waals surface area contributed by atoms with Gasteiger partial charge in [-0.2, -0.15) is 0 Å². The Morgan fingerprint density at radius 3 is 1.52 bits per heavy atom. The molecule has 0 saturated carbocycles. The summed E-state index contributed by atoms with van der Waals surface area (Å²) in [5, 5.41) is 18.8. The van der Waals surface area contributed by atoms with Crippen LogP contribution in [0.4, 0.5) is 0 Å². The van der Waals surface area contributed by atoms with Crippen molar-refractivity contribution in [2.24, 2.45) is 5.92 Å². The van der Waals surface area contributed by atoms with E-state index in [1.807, 2.05) is 38.1 Å². The summed E-state index contributed by atoms with van der Waals surface area (Å²) in [6, 6.07) is 16.6. The van der Waals surface area contributed by atoms with Crippen molar-refractivity contribution < 1.29 is 29.2 Å². The van der Waals surface area contributed by atoms with Crippen molar-refractivity contribution in [3.63, 3.8) is 0 Å². The number of hydrogen-bond donors (Lipinski definition) is 2. The predicted octanol–water partition coefficient (Wildman–Crippen LogP) is 7.44. The zero-order chi connectivity index (χ0) is 29.0. The SMILES string of the molecule is CC(O)COC(C)CCCCCCOc1ccc(-c2ccc(OCCCCCCOCC(C)C(C)O)cc2)cc1. The maximum atomic E-state index is 9.47. The van der Waals surface area contributed by atoms with Gasteiger partial charge in [0.15, 0.2) is 0 Å². The normalized spacial score (nSPS) is 14.4. The molecular weight excluding hydrogens is 504 g/mol. The lowest BCUT2D eigenvalue weighted by Crippen LogP contribution is -2.19. The molecule has 4 atom stereocenters. The van der Waals surface area contributed by atoms with Gasteiger partial charge >= 0.3 is 0 Å². The van der Waals surface area contributed by atoms with E-state index < -0.39 is 6.10 Å². The van der Waals surface area contributed by atoms with E-state index in [0.717, 1.165) is 93.8 Å². The summed E-state index contributed by atoms with van der Waals surface area (Å²) in [6.45, 7) is 10.9. The molecule has 226 valence electrons. The standard InChI is InChI=1S/C34H54O6/c1-27(30(4)36)25-37-22-10-7-8-12-24-39-34-20-16-32(17-21-34)31-14-18-33(19-15-31)38-23-11-6-5-9-13-29(3)40-26-28(2)35/h14-21,27-30,35-36H,5-13,22-26H2,1-4H3. The van der Waals surface area contributed by atoms with Crippen LogP contribution in [0.3, 0.4) is 0 Å².